The Balaban J connectivity index is 1.42. The fourth-order valence-corrected chi connectivity index (χ4v) is 14.1. The van der Waals surface area contributed by atoms with Crippen LogP contribution in [0.1, 0.15) is 5.56 Å². The molecule has 218 valence electrons. The molecule has 0 N–H and O–H groups in total. The van der Waals surface area contributed by atoms with Crippen LogP contribution < -0.4 is 20.7 Å². The molecular formula is C43H31NSSi. The van der Waals surface area contributed by atoms with Gasteiger partial charge >= 0.3 is 0 Å². The lowest BCUT2D eigenvalue weighted by Gasteiger charge is -2.35. The first-order chi connectivity index (χ1) is 22.7. The highest BCUT2D eigenvalue weighted by atomic mass is 32.1. The third-order valence-electron chi connectivity index (χ3n) is 9.62. The summed E-state index contributed by atoms with van der Waals surface area (Å²) in [4.78, 5) is 0. The molecule has 2 aromatic heterocycles. The summed E-state index contributed by atoms with van der Waals surface area (Å²) in [6.45, 7) is 2.19. The van der Waals surface area contributed by atoms with E-state index >= 15 is 0 Å². The largest absolute Gasteiger partial charge is 0.309 e. The van der Waals surface area contributed by atoms with Crippen molar-refractivity contribution in [2.75, 3.05) is 0 Å². The molecule has 9 rings (SSSR count). The number of aromatic nitrogens is 1. The van der Waals surface area contributed by atoms with Gasteiger partial charge in [-0.2, -0.15) is 0 Å². The minimum absolute atomic E-state index is 1.19. The highest BCUT2D eigenvalue weighted by molar-refractivity contribution is 7.30. The van der Waals surface area contributed by atoms with E-state index < -0.39 is 8.07 Å². The second-order valence-corrected chi connectivity index (χ2v) is 17.0. The van der Waals surface area contributed by atoms with Crippen LogP contribution in [-0.2, 0) is 0 Å². The van der Waals surface area contributed by atoms with Gasteiger partial charge in [0.05, 0.1) is 11.0 Å². The Morgan fingerprint density at radius 1 is 0.457 bits per heavy atom. The third-order valence-corrected chi connectivity index (χ3v) is 15.8. The van der Waals surface area contributed by atoms with Gasteiger partial charge in [0.25, 0.3) is 0 Å². The summed E-state index contributed by atoms with van der Waals surface area (Å²) in [5.41, 5.74) is 4.93. The monoisotopic (exact) mass is 621 g/mol. The lowest BCUT2D eigenvalue weighted by Crippen LogP contribution is -2.74. The zero-order valence-electron chi connectivity index (χ0n) is 25.5. The number of rotatable bonds is 5. The van der Waals surface area contributed by atoms with Crippen LogP contribution in [0.5, 0.6) is 0 Å². The zero-order valence-corrected chi connectivity index (χ0v) is 27.3. The maximum Gasteiger partial charge on any atom is 0.181 e. The van der Waals surface area contributed by atoms with Gasteiger partial charge in [-0.1, -0.05) is 145 Å². The van der Waals surface area contributed by atoms with Crippen LogP contribution in [0.3, 0.4) is 0 Å². The molecule has 0 radical (unpaired) electrons. The molecule has 3 heteroatoms. The Kier molecular flexibility index (Phi) is 6.31. The number of benzene rings is 7. The minimum atomic E-state index is -2.83. The second kappa shape index (κ2) is 10.7. The molecule has 0 bridgehead atoms. The molecule has 2 heterocycles. The van der Waals surface area contributed by atoms with Crippen molar-refractivity contribution < 1.29 is 0 Å². The molecule has 1 atom stereocenters. The average molecular weight is 622 g/mol. The van der Waals surface area contributed by atoms with Gasteiger partial charge in [0, 0.05) is 36.6 Å². The molecule has 1 unspecified atom stereocenters. The Morgan fingerprint density at radius 3 is 1.76 bits per heavy atom. The molecule has 0 spiro atoms. The molecule has 0 amide bonds. The summed E-state index contributed by atoms with van der Waals surface area (Å²) in [6, 6.07) is 63.6. The van der Waals surface area contributed by atoms with Crippen LogP contribution in [0, 0.1) is 6.92 Å². The van der Waals surface area contributed by atoms with Gasteiger partial charge in [0.15, 0.2) is 8.07 Å². The Hall–Kier alpha value is -5.22. The molecule has 0 aliphatic heterocycles. The van der Waals surface area contributed by atoms with E-state index in [9.17, 15) is 0 Å². The molecule has 0 aliphatic rings. The first kappa shape index (κ1) is 27.1. The molecule has 0 fully saturated rings. The second-order valence-electron chi connectivity index (χ2n) is 12.2. The fraction of sp³-hybridized carbons (Fsp3) is 0.0233. The number of aryl methyl sites for hydroxylation is 1. The van der Waals surface area contributed by atoms with E-state index in [0.717, 1.165) is 0 Å². The van der Waals surface area contributed by atoms with Crippen LogP contribution in [0.15, 0.2) is 170 Å². The lowest BCUT2D eigenvalue weighted by molar-refractivity contribution is 1.18. The summed E-state index contributed by atoms with van der Waals surface area (Å²) < 4.78 is 5.18. The van der Waals surface area contributed by atoms with Crippen molar-refractivity contribution in [1.82, 2.24) is 4.57 Å². The molecule has 0 saturated heterocycles. The number of hydrogen-bond acceptors (Lipinski definition) is 1. The zero-order chi connectivity index (χ0) is 30.7. The number of para-hydroxylation sites is 2. The van der Waals surface area contributed by atoms with E-state index in [0.29, 0.717) is 0 Å². The Labute approximate surface area is 273 Å². The average Bonchev–Trinajstić information content (AvgIpc) is 3.67. The van der Waals surface area contributed by atoms with Crippen LogP contribution in [0.4, 0.5) is 0 Å². The fourth-order valence-electron chi connectivity index (χ4n) is 7.58. The van der Waals surface area contributed by atoms with E-state index in [1.165, 1.54) is 74.0 Å². The molecule has 0 saturated carbocycles. The van der Waals surface area contributed by atoms with Crippen molar-refractivity contribution in [2.45, 2.75) is 6.92 Å². The van der Waals surface area contributed by atoms with Crippen LogP contribution in [-0.4, -0.2) is 12.6 Å². The van der Waals surface area contributed by atoms with Gasteiger partial charge in [-0.15, -0.1) is 11.3 Å². The van der Waals surface area contributed by atoms with Crippen LogP contribution in [0.2, 0.25) is 0 Å². The van der Waals surface area contributed by atoms with Gasteiger partial charge in [-0.25, -0.2) is 0 Å². The van der Waals surface area contributed by atoms with E-state index in [-0.39, 0.29) is 0 Å². The minimum Gasteiger partial charge on any atom is -0.309 e. The Bertz CT molecular complexity index is 2490. The number of nitrogens with zero attached hydrogens (tertiary/aromatic N) is 1. The van der Waals surface area contributed by atoms with E-state index in [2.05, 4.69) is 181 Å². The van der Waals surface area contributed by atoms with Crippen molar-refractivity contribution in [2.24, 2.45) is 0 Å². The molecule has 7 aromatic carbocycles. The molecule has 9 aromatic rings. The van der Waals surface area contributed by atoms with Crippen molar-refractivity contribution in [3.8, 4) is 5.69 Å². The molecule has 0 aliphatic carbocycles. The predicted octanol–water partition coefficient (Wildman–Crippen LogP) is 8.84. The highest BCUT2D eigenvalue weighted by Gasteiger charge is 2.43. The SMILES string of the molecule is Cc1ccc([Si](c2ccccc2)(c2cccc(-n3c4ccccc4c4ccccc43)c2)c2cccc3c2sc2ccccc23)cc1. The normalized spacial score (nSPS) is 13.1. The lowest BCUT2D eigenvalue weighted by atomic mass is 10.1. The van der Waals surface area contributed by atoms with Crippen molar-refractivity contribution in [1.29, 1.82) is 0 Å². The quantitative estimate of drug-likeness (QED) is 0.134. The predicted molar refractivity (Wildman–Crippen MR) is 202 cm³/mol. The van der Waals surface area contributed by atoms with E-state index in [1.807, 2.05) is 11.3 Å². The Morgan fingerprint density at radius 2 is 1.02 bits per heavy atom. The summed E-state index contributed by atoms with van der Waals surface area (Å²) in [7, 11) is -2.83. The van der Waals surface area contributed by atoms with Crippen molar-refractivity contribution >= 4 is 82.1 Å². The maximum atomic E-state index is 2.49. The first-order valence-electron chi connectivity index (χ1n) is 15.9. The smallest absolute Gasteiger partial charge is 0.181 e. The number of fused-ring (bicyclic) bond motifs is 6. The van der Waals surface area contributed by atoms with E-state index in [1.54, 1.807) is 0 Å². The van der Waals surface area contributed by atoms with E-state index in [4.69, 9.17) is 0 Å². The van der Waals surface area contributed by atoms with Crippen LogP contribution >= 0.6 is 11.3 Å². The van der Waals surface area contributed by atoms with Crippen molar-refractivity contribution in [3.63, 3.8) is 0 Å². The van der Waals surface area contributed by atoms with Gasteiger partial charge in [-0.3, -0.25) is 0 Å². The van der Waals surface area contributed by atoms with Gasteiger partial charge in [0.2, 0.25) is 0 Å². The van der Waals surface area contributed by atoms with Gasteiger partial charge in [0.1, 0.15) is 0 Å². The van der Waals surface area contributed by atoms with Gasteiger partial charge < -0.3 is 4.57 Å². The van der Waals surface area contributed by atoms with Gasteiger partial charge in [-0.05, 0) is 58.0 Å². The summed E-state index contributed by atoms with van der Waals surface area (Å²) in [6.07, 6.45) is 0. The first-order valence-corrected chi connectivity index (χ1v) is 18.7. The standard InChI is InChI=1S/C43H31NSSi/c1-30-25-27-33(28-26-30)46(32-14-3-2-4-15-32,42-24-12-20-38-37-19-7-10-23-41(37)45-43(38)42)34-16-11-13-31(29-34)44-39-21-8-5-17-35(39)36-18-6-9-22-40(36)44/h2-29H,1H3. The highest BCUT2D eigenvalue weighted by Crippen LogP contribution is 2.35. The number of hydrogen-bond donors (Lipinski definition) is 0. The molecular weight excluding hydrogens is 591 g/mol. The van der Waals surface area contributed by atoms with Crippen LogP contribution in [0.25, 0.3) is 47.7 Å². The third kappa shape index (κ3) is 3.99. The summed E-state index contributed by atoms with van der Waals surface area (Å²) in [5.74, 6) is 0. The molecule has 46 heavy (non-hydrogen) atoms. The van der Waals surface area contributed by atoms with Crippen molar-refractivity contribution in [3.05, 3.63) is 175 Å². The summed E-state index contributed by atoms with van der Waals surface area (Å²) in [5, 5.41) is 10.9. The summed E-state index contributed by atoms with van der Waals surface area (Å²) >= 11 is 1.94. The molecule has 1 nitrogen and oxygen atoms in total. The topological polar surface area (TPSA) is 4.93 Å². The number of thiophene rings is 1. The maximum absolute atomic E-state index is 2.83.